The summed E-state index contributed by atoms with van der Waals surface area (Å²) in [6.45, 7) is 0.265. The number of benzene rings is 1. The Hall–Kier alpha value is -2.91. The van der Waals surface area contributed by atoms with Gasteiger partial charge < -0.3 is 18.9 Å². The summed E-state index contributed by atoms with van der Waals surface area (Å²) in [5.74, 6) is 2.45. The van der Waals surface area contributed by atoms with Crippen LogP contribution in [0.3, 0.4) is 0 Å². The minimum atomic E-state index is 0.234. The molecular formula is C18H14ClN3O3. The molecule has 4 rings (SSSR count). The third kappa shape index (κ3) is 3.62. The summed E-state index contributed by atoms with van der Waals surface area (Å²) >= 11 is 5.84. The fraction of sp³-hybridized carbons (Fsp3) is 0.222. The molecule has 1 fully saturated rings. The lowest BCUT2D eigenvalue weighted by Gasteiger charge is -2.03. The maximum Gasteiger partial charge on any atom is 0.266 e. The number of oxazole rings is 1. The summed E-state index contributed by atoms with van der Waals surface area (Å²) in [5.41, 5.74) is 0.234. The maximum absolute atomic E-state index is 9.17. The van der Waals surface area contributed by atoms with Crippen molar-refractivity contribution in [2.75, 3.05) is 5.32 Å². The number of hydrogen-bond donors (Lipinski definition) is 1. The van der Waals surface area contributed by atoms with E-state index in [0.717, 1.165) is 12.8 Å². The zero-order chi connectivity index (χ0) is 17.2. The van der Waals surface area contributed by atoms with E-state index in [2.05, 4.69) is 10.3 Å². The van der Waals surface area contributed by atoms with Gasteiger partial charge >= 0.3 is 0 Å². The first-order valence-corrected chi connectivity index (χ1v) is 8.24. The molecule has 1 aliphatic carbocycles. The van der Waals surface area contributed by atoms with Gasteiger partial charge in [0.05, 0.1) is 0 Å². The second-order valence-electron chi connectivity index (χ2n) is 5.74. The summed E-state index contributed by atoms with van der Waals surface area (Å²) in [6, 6.07) is 13.0. The molecule has 126 valence electrons. The van der Waals surface area contributed by atoms with Crippen molar-refractivity contribution in [1.29, 1.82) is 5.26 Å². The van der Waals surface area contributed by atoms with Gasteiger partial charge in [-0.15, -0.1) is 0 Å². The molecule has 0 saturated heterocycles. The quantitative estimate of drug-likeness (QED) is 0.694. The number of aromatic nitrogens is 1. The van der Waals surface area contributed by atoms with Gasteiger partial charge in [0.25, 0.3) is 5.89 Å². The first-order valence-electron chi connectivity index (χ1n) is 7.86. The van der Waals surface area contributed by atoms with Crippen LogP contribution in [-0.2, 0) is 6.61 Å². The summed E-state index contributed by atoms with van der Waals surface area (Å²) in [7, 11) is 0. The maximum atomic E-state index is 9.17. The van der Waals surface area contributed by atoms with Gasteiger partial charge in [-0.25, -0.2) is 0 Å². The normalized spacial score (nSPS) is 13.4. The molecule has 0 bridgehead atoms. The number of ether oxygens (including phenoxy) is 1. The monoisotopic (exact) mass is 355 g/mol. The number of nitrogens with zero attached hydrogens (tertiary/aromatic N) is 2. The van der Waals surface area contributed by atoms with Gasteiger partial charge in [-0.1, -0.05) is 11.6 Å². The van der Waals surface area contributed by atoms with E-state index in [9.17, 15) is 5.26 Å². The zero-order valence-electron chi connectivity index (χ0n) is 13.2. The molecule has 0 unspecified atom stereocenters. The number of hydrogen-bond acceptors (Lipinski definition) is 6. The Morgan fingerprint density at radius 3 is 2.72 bits per heavy atom. The number of rotatable bonds is 6. The highest BCUT2D eigenvalue weighted by Gasteiger charge is 2.25. The van der Waals surface area contributed by atoms with Crippen LogP contribution in [-0.4, -0.2) is 11.0 Å². The van der Waals surface area contributed by atoms with Crippen LogP contribution in [0.1, 0.15) is 24.3 Å². The molecule has 1 saturated carbocycles. The molecule has 6 nitrogen and oxygen atoms in total. The van der Waals surface area contributed by atoms with Crippen molar-refractivity contribution in [3.8, 4) is 23.5 Å². The molecule has 1 aliphatic rings. The van der Waals surface area contributed by atoms with E-state index < -0.39 is 0 Å². The molecule has 7 heteroatoms. The van der Waals surface area contributed by atoms with Crippen molar-refractivity contribution < 1.29 is 13.6 Å². The van der Waals surface area contributed by atoms with Crippen LogP contribution in [0, 0.1) is 11.3 Å². The molecule has 2 heterocycles. The fourth-order valence-corrected chi connectivity index (χ4v) is 2.39. The molecule has 25 heavy (non-hydrogen) atoms. The fourth-order valence-electron chi connectivity index (χ4n) is 2.27. The highest BCUT2D eigenvalue weighted by atomic mass is 35.5. The lowest BCUT2D eigenvalue weighted by molar-refractivity contribution is 0.271. The van der Waals surface area contributed by atoms with Gasteiger partial charge in [0, 0.05) is 11.1 Å². The van der Waals surface area contributed by atoms with E-state index in [1.54, 1.807) is 36.4 Å². The first-order chi connectivity index (χ1) is 12.2. The van der Waals surface area contributed by atoms with Crippen molar-refractivity contribution >= 4 is 17.5 Å². The third-order valence-corrected chi connectivity index (χ3v) is 3.96. The lowest BCUT2D eigenvalue weighted by atomic mass is 10.3. The second-order valence-corrected chi connectivity index (χ2v) is 6.17. The van der Waals surface area contributed by atoms with Crippen molar-refractivity contribution in [3.63, 3.8) is 0 Å². The molecule has 0 atom stereocenters. The summed E-state index contributed by atoms with van der Waals surface area (Å²) in [4.78, 5) is 4.18. The standard InChI is InChI=1S/C18H14ClN3O3/c19-11-1-5-13(6-2-11)23-10-14-7-8-16(24-14)18-22-15(9-20)17(25-18)21-12-3-4-12/h1-2,5-8,12,21H,3-4,10H2. The van der Waals surface area contributed by atoms with Crippen LogP contribution in [0.5, 0.6) is 5.75 Å². The van der Waals surface area contributed by atoms with Crippen LogP contribution in [0.25, 0.3) is 11.7 Å². The van der Waals surface area contributed by atoms with Crippen molar-refractivity contribution in [2.24, 2.45) is 0 Å². The van der Waals surface area contributed by atoms with Crippen LogP contribution < -0.4 is 10.1 Å². The molecule has 1 aromatic carbocycles. The van der Waals surface area contributed by atoms with Crippen molar-refractivity contribution in [3.05, 3.63) is 52.9 Å². The number of furan rings is 1. The van der Waals surface area contributed by atoms with Gasteiger partial charge in [-0.2, -0.15) is 10.2 Å². The van der Waals surface area contributed by atoms with Crippen molar-refractivity contribution in [2.45, 2.75) is 25.5 Å². The Morgan fingerprint density at radius 2 is 2.00 bits per heavy atom. The van der Waals surface area contributed by atoms with Gasteiger partial charge in [0.15, 0.2) is 5.76 Å². The average molecular weight is 356 g/mol. The zero-order valence-corrected chi connectivity index (χ0v) is 13.9. The summed E-state index contributed by atoms with van der Waals surface area (Å²) < 4.78 is 17.0. The average Bonchev–Trinajstić information content (AvgIpc) is 3.16. The summed E-state index contributed by atoms with van der Waals surface area (Å²) in [6.07, 6.45) is 2.15. The molecule has 1 N–H and O–H groups in total. The predicted octanol–water partition coefficient (Wildman–Crippen LogP) is 4.61. The molecule has 3 aromatic rings. The van der Waals surface area contributed by atoms with E-state index >= 15 is 0 Å². The third-order valence-electron chi connectivity index (χ3n) is 3.71. The second kappa shape index (κ2) is 6.54. The Labute approximate surface area is 149 Å². The van der Waals surface area contributed by atoms with E-state index in [1.807, 2.05) is 6.07 Å². The molecule has 0 aliphatic heterocycles. The van der Waals surface area contributed by atoms with Gasteiger partial charge in [0.2, 0.25) is 11.6 Å². The topological polar surface area (TPSA) is 84.2 Å². The van der Waals surface area contributed by atoms with E-state index in [0.29, 0.717) is 34.2 Å². The predicted molar refractivity (Wildman–Crippen MR) is 91.3 cm³/mol. The molecule has 0 radical (unpaired) electrons. The lowest BCUT2D eigenvalue weighted by Crippen LogP contribution is -2.00. The van der Waals surface area contributed by atoms with Gasteiger partial charge in [0.1, 0.15) is 24.2 Å². The number of nitrogens with one attached hydrogen (secondary N) is 1. The van der Waals surface area contributed by atoms with Crippen LogP contribution in [0.15, 0.2) is 45.2 Å². The van der Waals surface area contributed by atoms with E-state index in [4.69, 9.17) is 25.2 Å². The van der Waals surface area contributed by atoms with Gasteiger partial charge in [-0.3, -0.25) is 0 Å². The van der Waals surface area contributed by atoms with Crippen LogP contribution in [0.2, 0.25) is 5.02 Å². The minimum Gasteiger partial charge on any atom is -0.486 e. The number of halogens is 1. The summed E-state index contributed by atoms with van der Waals surface area (Å²) in [5, 5.41) is 13.0. The highest BCUT2D eigenvalue weighted by molar-refractivity contribution is 6.30. The van der Waals surface area contributed by atoms with E-state index in [-0.39, 0.29) is 18.2 Å². The Bertz CT molecular complexity index is 920. The Balaban J connectivity index is 1.46. The number of nitriles is 1. The minimum absolute atomic E-state index is 0.234. The van der Waals surface area contributed by atoms with Crippen LogP contribution in [0.4, 0.5) is 5.88 Å². The number of anilines is 1. The van der Waals surface area contributed by atoms with Crippen LogP contribution >= 0.6 is 11.6 Å². The largest absolute Gasteiger partial charge is 0.486 e. The SMILES string of the molecule is N#Cc1nc(-c2ccc(COc3ccc(Cl)cc3)o2)oc1NC1CC1. The first kappa shape index (κ1) is 15.6. The highest BCUT2D eigenvalue weighted by Crippen LogP contribution is 2.31. The Morgan fingerprint density at radius 1 is 1.20 bits per heavy atom. The molecule has 0 amide bonds. The molecule has 0 spiro atoms. The molecule has 2 aromatic heterocycles. The Kier molecular flexibility index (Phi) is 4.08. The van der Waals surface area contributed by atoms with Gasteiger partial charge in [-0.05, 0) is 49.2 Å². The van der Waals surface area contributed by atoms with E-state index in [1.165, 1.54) is 0 Å². The smallest absolute Gasteiger partial charge is 0.266 e. The van der Waals surface area contributed by atoms with Crippen molar-refractivity contribution in [1.82, 2.24) is 4.98 Å². The molecular weight excluding hydrogens is 342 g/mol.